The van der Waals surface area contributed by atoms with Gasteiger partial charge in [0.1, 0.15) is 0 Å². The molecule has 3 nitrogen and oxygen atoms in total. The molecular weight excluding hydrogens is 272 g/mol. The highest BCUT2D eigenvalue weighted by Crippen LogP contribution is 2.25. The second kappa shape index (κ2) is 5.11. The first-order chi connectivity index (χ1) is 10.8. The van der Waals surface area contributed by atoms with E-state index in [1.54, 1.807) is 0 Å². The van der Waals surface area contributed by atoms with E-state index in [1.807, 2.05) is 42.5 Å². The minimum atomic E-state index is 0.543. The van der Waals surface area contributed by atoms with Crippen LogP contribution in [0, 0.1) is 6.92 Å². The van der Waals surface area contributed by atoms with Crippen molar-refractivity contribution in [2.75, 3.05) is 0 Å². The van der Waals surface area contributed by atoms with Crippen molar-refractivity contribution < 1.29 is 4.52 Å². The zero-order valence-electron chi connectivity index (χ0n) is 12.2. The number of benzene rings is 3. The van der Waals surface area contributed by atoms with E-state index in [9.17, 15) is 0 Å². The van der Waals surface area contributed by atoms with Gasteiger partial charge < -0.3 is 4.52 Å². The molecule has 106 valence electrons. The zero-order chi connectivity index (χ0) is 14.9. The summed E-state index contributed by atoms with van der Waals surface area (Å²) >= 11 is 0. The van der Waals surface area contributed by atoms with Gasteiger partial charge in [0.15, 0.2) is 0 Å². The second-order valence-corrected chi connectivity index (χ2v) is 5.35. The minimum Gasteiger partial charge on any atom is -0.334 e. The topological polar surface area (TPSA) is 38.9 Å². The Morgan fingerprint density at radius 2 is 1.50 bits per heavy atom. The summed E-state index contributed by atoms with van der Waals surface area (Å²) in [5.74, 6) is 1.16. The number of aryl methyl sites for hydroxylation is 1. The molecule has 22 heavy (non-hydrogen) atoms. The van der Waals surface area contributed by atoms with Gasteiger partial charge >= 0.3 is 0 Å². The van der Waals surface area contributed by atoms with Crippen LogP contribution < -0.4 is 0 Å². The first-order valence-electron chi connectivity index (χ1n) is 7.19. The lowest BCUT2D eigenvalue weighted by molar-refractivity contribution is 0.432. The van der Waals surface area contributed by atoms with E-state index in [-0.39, 0.29) is 0 Å². The van der Waals surface area contributed by atoms with Crippen LogP contribution in [-0.4, -0.2) is 10.1 Å². The normalized spacial score (nSPS) is 11.0. The highest BCUT2D eigenvalue weighted by molar-refractivity contribution is 5.86. The van der Waals surface area contributed by atoms with E-state index in [2.05, 4.69) is 41.3 Å². The predicted molar refractivity (Wildman–Crippen MR) is 87.4 cm³/mol. The average Bonchev–Trinajstić information content (AvgIpc) is 3.05. The van der Waals surface area contributed by atoms with Crippen LogP contribution in [0.3, 0.4) is 0 Å². The van der Waals surface area contributed by atoms with Gasteiger partial charge in [-0.1, -0.05) is 65.3 Å². The summed E-state index contributed by atoms with van der Waals surface area (Å²) in [6.45, 7) is 2.06. The summed E-state index contributed by atoms with van der Waals surface area (Å²) < 4.78 is 5.42. The number of aromatic nitrogens is 2. The summed E-state index contributed by atoms with van der Waals surface area (Å²) in [4.78, 5) is 4.51. The van der Waals surface area contributed by atoms with Crippen LogP contribution in [0.1, 0.15) is 5.56 Å². The number of fused-ring (bicyclic) bond motifs is 1. The van der Waals surface area contributed by atoms with Gasteiger partial charge in [-0.05, 0) is 29.8 Å². The lowest BCUT2D eigenvalue weighted by Crippen LogP contribution is -1.82. The van der Waals surface area contributed by atoms with Crippen molar-refractivity contribution in [2.45, 2.75) is 6.92 Å². The van der Waals surface area contributed by atoms with Crippen LogP contribution in [0.5, 0.6) is 0 Å². The van der Waals surface area contributed by atoms with Crippen molar-refractivity contribution in [2.24, 2.45) is 0 Å². The number of hydrogen-bond donors (Lipinski definition) is 0. The third kappa shape index (κ3) is 2.27. The van der Waals surface area contributed by atoms with Gasteiger partial charge in [-0.2, -0.15) is 4.98 Å². The molecule has 0 bridgehead atoms. The molecule has 0 amide bonds. The molecule has 4 rings (SSSR count). The maximum atomic E-state index is 5.42. The molecule has 3 aromatic carbocycles. The Morgan fingerprint density at radius 1 is 0.773 bits per heavy atom. The summed E-state index contributed by atoms with van der Waals surface area (Å²) in [7, 11) is 0. The highest BCUT2D eigenvalue weighted by atomic mass is 16.5. The Morgan fingerprint density at radius 3 is 2.32 bits per heavy atom. The molecule has 1 aromatic heterocycles. The highest BCUT2D eigenvalue weighted by Gasteiger charge is 2.10. The largest absolute Gasteiger partial charge is 0.334 e. The van der Waals surface area contributed by atoms with E-state index in [0.29, 0.717) is 11.7 Å². The van der Waals surface area contributed by atoms with Crippen LogP contribution >= 0.6 is 0 Å². The van der Waals surface area contributed by atoms with E-state index < -0.39 is 0 Å². The van der Waals surface area contributed by atoms with Crippen LogP contribution in [0.25, 0.3) is 33.6 Å². The lowest BCUT2D eigenvalue weighted by atomic mass is 10.1. The molecule has 0 saturated heterocycles. The van der Waals surface area contributed by atoms with Crippen molar-refractivity contribution in [1.82, 2.24) is 10.1 Å². The van der Waals surface area contributed by atoms with Gasteiger partial charge in [0, 0.05) is 11.1 Å². The summed E-state index contributed by atoms with van der Waals surface area (Å²) in [5, 5.41) is 6.45. The number of nitrogens with zero attached hydrogens (tertiary/aromatic N) is 2. The summed E-state index contributed by atoms with van der Waals surface area (Å²) in [6, 6.07) is 22.5. The molecule has 0 fully saturated rings. The lowest BCUT2D eigenvalue weighted by Gasteiger charge is -1.99. The first-order valence-corrected chi connectivity index (χ1v) is 7.19. The van der Waals surface area contributed by atoms with E-state index in [4.69, 9.17) is 4.52 Å². The van der Waals surface area contributed by atoms with Crippen molar-refractivity contribution in [3.63, 3.8) is 0 Å². The Kier molecular flexibility index (Phi) is 2.97. The fourth-order valence-electron chi connectivity index (χ4n) is 2.48. The number of hydrogen-bond acceptors (Lipinski definition) is 3. The monoisotopic (exact) mass is 286 g/mol. The third-order valence-corrected chi connectivity index (χ3v) is 3.73. The fourth-order valence-corrected chi connectivity index (χ4v) is 2.48. The van der Waals surface area contributed by atoms with Crippen molar-refractivity contribution in [3.05, 3.63) is 72.3 Å². The van der Waals surface area contributed by atoms with E-state index in [0.717, 1.165) is 16.5 Å². The van der Waals surface area contributed by atoms with Crippen LogP contribution in [-0.2, 0) is 0 Å². The van der Waals surface area contributed by atoms with E-state index in [1.165, 1.54) is 10.9 Å². The molecular formula is C19H14N2O. The molecule has 0 spiro atoms. The Balaban J connectivity index is 1.74. The van der Waals surface area contributed by atoms with Gasteiger partial charge in [-0.25, -0.2) is 0 Å². The Bertz CT molecular complexity index is 939. The molecule has 0 unspecified atom stereocenters. The van der Waals surface area contributed by atoms with Gasteiger partial charge in [-0.15, -0.1) is 0 Å². The third-order valence-electron chi connectivity index (χ3n) is 3.73. The molecule has 0 aliphatic rings. The smallest absolute Gasteiger partial charge is 0.258 e. The predicted octanol–water partition coefficient (Wildman–Crippen LogP) is 4.87. The molecule has 0 radical (unpaired) electrons. The fraction of sp³-hybridized carbons (Fsp3) is 0.0526. The first kappa shape index (κ1) is 12.8. The van der Waals surface area contributed by atoms with Crippen LogP contribution in [0.15, 0.2) is 71.3 Å². The van der Waals surface area contributed by atoms with Gasteiger partial charge in [0.2, 0.25) is 5.82 Å². The summed E-state index contributed by atoms with van der Waals surface area (Å²) in [5.41, 5.74) is 3.10. The molecule has 0 N–H and O–H groups in total. The molecule has 0 aliphatic carbocycles. The minimum absolute atomic E-state index is 0.543. The molecule has 3 heteroatoms. The SMILES string of the molecule is Cc1ccc(-c2noc(-c3ccc4ccccc4c3)n2)cc1. The molecule has 0 aliphatic heterocycles. The standard InChI is InChI=1S/C19H14N2O/c1-13-6-8-15(9-7-13)18-20-19(22-21-18)17-11-10-14-4-2-3-5-16(14)12-17/h2-12H,1H3. The van der Waals surface area contributed by atoms with Crippen molar-refractivity contribution in [1.29, 1.82) is 0 Å². The van der Waals surface area contributed by atoms with Gasteiger partial charge in [-0.3, -0.25) is 0 Å². The maximum Gasteiger partial charge on any atom is 0.258 e. The van der Waals surface area contributed by atoms with E-state index >= 15 is 0 Å². The zero-order valence-corrected chi connectivity index (χ0v) is 12.2. The van der Waals surface area contributed by atoms with Crippen LogP contribution in [0.2, 0.25) is 0 Å². The molecule has 0 saturated carbocycles. The molecule has 0 atom stereocenters. The Labute approximate surface area is 128 Å². The maximum absolute atomic E-state index is 5.42. The van der Waals surface area contributed by atoms with Gasteiger partial charge in [0.05, 0.1) is 0 Å². The molecule has 1 heterocycles. The van der Waals surface area contributed by atoms with Crippen molar-refractivity contribution in [3.8, 4) is 22.8 Å². The molecule has 4 aromatic rings. The van der Waals surface area contributed by atoms with Crippen molar-refractivity contribution >= 4 is 10.8 Å². The average molecular weight is 286 g/mol. The quantitative estimate of drug-likeness (QED) is 0.528. The number of rotatable bonds is 2. The van der Waals surface area contributed by atoms with Gasteiger partial charge in [0.25, 0.3) is 5.89 Å². The Hall–Kier alpha value is -2.94. The summed E-state index contributed by atoms with van der Waals surface area (Å²) in [6.07, 6.45) is 0. The van der Waals surface area contributed by atoms with Crippen LogP contribution in [0.4, 0.5) is 0 Å². The second-order valence-electron chi connectivity index (χ2n) is 5.35.